The molecule has 2 aliphatic rings. The van der Waals surface area contributed by atoms with Crippen LogP contribution < -0.4 is 5.73 Å². The SMILES string of the molecule is Cl.NC12CCCC1OCC2. The lowest BCUT2D eigenvalue weighted by Gasteiger charge is -2.20. The summed E-state index contributed by atoms with van der Waals surface area (Å²) in [5, 5.41) is 0. The molecule has 1 aliphatic carbocycles. The van der Waals surface area contributed by atoms with Crippen molar-refractivity contribution >= 4 is 12.4 Å². The number of fused-ring (bicyclic) bond motifs is 1. The molecule has 1 saturated carbocycles. The molecule has 0 aromatic rings. The van der Waals surface area contributed by atoms with E-state index in [2.05, 4.69) is 0 Å². The summed E-state index contributed by atoms with van der Waals surface area (Å²) in [6.07, 6.45) is 5.12. The second-order valence-corrected chi connectivity index (χ2v) is 3.23. The molecule has 3 heteroatoms. The molecule has 1 heterocycles. The first kappa shape index (κ1) is 8.31. The number of hydrogen-bond acceptors (Lipinski definition) is 2. The zero-order valence-corrected chi connectivity index (χ0v) is 6.82. The molecule has 0 aromatic heterocycles. The fourth-order valence-corrected chi connectivity index (χ4v) is 1.99. The molecular weight excluding hydrogens is 150 g/mol. The van der Waals surface area contributed by atoms with Gasteiger partial charge in [-0.25, -0.2) is 0 Å². The van der Waals surface area contributed by atoms with E-state index in [1.807, 2.05) is 0 Å². The van der Waals surface area contributed by atoms with Gasteiger partial charge in [0.2, 0.25) is 0 Å². The Morgan fingerprint density at radius 3 is 2.90 bits per heavy atom. The first-order valence-electron chi connectivity index (χ1n) is 3.72. The highest BCUT2D eigenvalue weighted by Crippen LogP contribution is 2.37. The highest BCUT2D eigenvalue weighted by Gasteiger charge is 2.43. The van der Waals surface area contributed by atoms with Crippen LogP contribution in [0.3, 0.4) is 0 Å². The van der Waals surface area contributed by atoms with Gasteiger partial charge in [-0.15, -0.1) is 12.4 Å². The van der Waals surface area contributed by atoms with Gasteiger partial charge in [-0.3, -0.25) is 0 Å². The van der Waals surface area contributed by atoms with Crippen LogP contribution in [0.1, 0.15) is 25.7 Å². The predicted octanol–water partition coefficient (Wildman–Crippen LogP) is 1.08. The minimum atomic E-state index is 0. The molecule has 0 amide bonds. The van der Waals surface area contributed by atoms with Crippen LogP contribution in [-0.4, -0.2) is 18.2 Å². The molecule has 1 saturated heterocycles. The third-order valence-electron chi connectivity index (χ3n) is 2.64. The fourth-order valence-electron chi connectivity index (χ4n) is 1.99. The van der Waals surface area contributed by atoms with Gasteiger partial charge < -0.3 is 10.5 Å². The van der Waals surface area contributed by atoms with Crippen molar-refractivity contribution in [3.05, 3.63) is 0 Å². The van der Waals surface area contributed by atoms with Crippen LogP contribution in [0.5, 0.6) is 0 Å². The Hall–Kier alpha value is 0.210. The monoisotopic (exact) mass is 163 g/mol. The smallest absolute Gasteiger partial charge is 0.0755 e. The first-order chi connectivity index (χ1) is 4.31. The molecule has 2 unspecified atom stereocenters. The molecule has 1 aliphatic heterocycles. The van der Waals surface area contributed by atoms with Crippen LogP contribution in [0.15, 0.2) is 0 Å². The van der Waals surface area contributed by atoms with Crippen LogP contribution in [0.2, 0.25) is 0 Å². The zero-order chi connectivity index (χ0) is 6.32. The highest BCUT2D eigenvalue weighted by molar-refractivity contribution is 5.85. The lowest BCUT2D eigenvalue weighted by molar-refractivity contribution is 0.0951. The summed E-state index contributed by atoms with van der Waals surface area (Å²) in [4.78, 5) is 0. The summed E-state index contributed by atoms with van der Waals surface area (Å²) in [7, 11) is 0. The summed E-state index contributed by atoms with van der Waals surface area (Å²) in [5.74, 6) is 0. The lowest BCUT2D eigenvalue weighted by Crippen LogP contribution is -2.42. The Labute approximate surface area is 67.5 Å². The van der Waals surface area contributed by atoms with Gasteiger partial charge in [0.25, 0.3) is 0 Å². The van der Waals surface area contributed by atoms with Crippen molar-refractivity contribution in [1.29, 1.82) is 0 Å². The topological polar surface area (TPSA) is 35.2 Å². The van der Waals surface area contributed by atoms with Crippen LogP contribution >= 0.6 is 12.4 Å². The minimum absolute atomic E-state index is 0. The quantitative estimate of drug-likeness (QED) is 0.580. The van der Waals surface area contributed by atoms with Crippen molar-refractivity contribution in [3.8, 4) is 0 Å². The average molecular weight is 164 g/mol. The third-order valence-corrected chi connectivity index (χ3v) is 2.64. The summed E-state index contributed by atoms with van der Waals surface area (Å²) in [6, 6.07) is 0. The standard InChI is InChI=1S/C7H13NO.ClH/c8-7-3-1-2-6(7)9-5-4-7;/h6H,1-5,8H2;1H. The second-order valence-electron chi connectivity index (χ2n) is 3.23. The van der Waals surface area contributed by atoms with Gasteiger partial charge in [0.05, 0.1) is 6.10 Å². The Bertz CT molecular complexity index is 119. The van der Waals surface area contributed by atoms with Crippen molar-refractivity contribution in [2.24, 2.45) is 5.73 Å². The lowest BCUT2D eigenvalue weighted by atomic mass is 9.96. The van der Waals surface area contributed by atoms with Crippen molar-refractivity contribution in [2.45, 2.75) is 37.3 Å². The predicted molar refractivity (Wildman–Crippen MR) is 42.4 cm³/mol. The second kappa shape index (κ2) is 2.68. The Morgan fingerprint density at radius 1 is 1.40 bits per heavy atom. The molecule has 60 valence electrons. The Kier molecular flexibility index (Phi) is 2.23. The molecule has 2 N–H and O–H groups in total. The van der Waals surface area contributed by atoms with Gasteiger partial charge in [-0.2, -0.15) is 0 Å². The highest BCUT2D eigenvalue weighted by atomic mass is 35.5. The van der Waals surface area contributed by atoms with E-state index >= 15 is 0 Å². The van der Waals surface area contributed by atoms with Crippen LogP contribution in [0.4, 0.5) is 0 Å². The van der Waals surface area contributed by atoms with E-state index in [1.165, 1.54) is 19.3 Å². The summed E-state index contributed by atoms with van der Waals surface area (Å²) in [5.41, 5.74) is 6.12. The molecule has 0 spiro atoms. The summed E-state index contributed by atoms with van der Waals surface area (Å²) < 4.78 is 5.45. The molecule has 0 radical (unpaired) electrons. The molecule has 2 fully saturated rings. The average Bonchev–Trinajstić information content (AvgIpc) is 2.22. The summed E-state index contributed by atoms with van der Waals surface area (Å²) in [6.45, 7) is 0.890. The van der Waals surface area contributed by atoms with Crippen LogP contribution in [0, 0.1) is 0 Å². The van der Waals surface area contributed by atoms with Crippen molar-refractivity contribution in [1.82, 2.24) is 0 Å². The van der Waals surface area contributed by atoms with Crippen LogP contribution in [-0.2, 0) is 4.74 Å². The van der Waals surface area contributed by atoms with E-state index in [1.54, 1.807) is 0 Å². The van der Waals surface area contributed by atoms with Crippen LogP contribution in [0.25, 0.3) is 0 Å². The maximum absolute atomic E-state index is 6.04. The number of rotatable bonds is 0. The van der Waals surface area contributed by atoms with E-state index in [-0.39, 0.29) is 17.9 Å². The largest absolute Gasteiger partial charge is 0.376 e. The maximum atomic E-state index is 6.04. The van der Waals surface area contributed by atoms with Gasteiger partial charge in [0, 0.05) is 12.1 Å². The fraction of sp³-hybridized carbons (Fsp3) is 1.00. The molecule has 0 bridgehead atoms. The third kappa shape index (κ3) is 1.04. The van der Waals surface area contributed by atoms with E-state index < -0.39 is 0 Å². The number of ether oxygens (including phenoxy) is 1. The van der Waals surface area contributed by atoms with Gasteiger partial charge >= 0.3 is 0 Å². The molecule has 2 rings (SSSR count). The Balaban J connectivity index is 0.000000500. The molecular formula is C7H14ClNO. The summed E-state index contributed by atoms with van der Waals surface area (Å²) >= 11 is 0. The van der Waals surface area contributed by atoms with Gasteiger partial charge in [0.1, 0.15) is 0 Å². The van der Waals surface area contributed by atoms with Gasteiger partial charge in [-0.1, -0.05) is 0 Å². The number of nitrogens with two attached hydrogens (primary N) is 1. The number of halogens is 1. The van der Waals surface area contributed by atoms with E-state index in [9.17, 15) is 0 Å². The molecule has 0 aromatic carbocycles. The number of hydrogen-bond donors (Lipinski definition) is 1. The Morgan fingerprint density at radius 2 is 2.20 bits per heavy atom. The van der Waals surface area contributed by atoms with Gasteiger partial charge in [0.15, 0.2) is 0 Å². The van der Waals surface area contributed by atoms with Gasteiger partial charge in [-0.05, 0) is 25.7 Å². The molecule has 2 nitrogen and oxygen atoms in total. The van der Waals surface area contributed by atoms with E-state index in [0.717, 1.165) is 13.0 Å². The van der Waals surface area contributed by atoms with Crippen molar-refractivity contribution in [2.75, 3.05) is 6.61 Å². The van der Waals surface area contributed by atoms with Crippen molar-refractivity contribution < 1.29 is 4.74 Å². The minimum Gasteiger partial charge on any atom is -0.376 e. The van der Waals surface area contributed by atoms with E-state index in [4.69, 9.17) is 10.5 Å². The normalized spacial score (nSPS) is 44.7. The molecule has 10 heavy (non-hydrogen) atoms. The van der Waals surface area contributed by atoms with E-state index in [0.29, 0.717) is 6.10 Å². The molecule has 2 atom stereocenters. The van der Waals surface area contributed by atoms with Crippen molar-refractivity contribution in [3.63, 3.8) is 0 Å². The zero-order valence-electron chi connectivity index (χ0n) is 6.01. The maximum Gasteiger partial charge on any atom is 0.0755 e. The first-order valence-corrected chi connectivity index (χ1v) is 3.72.